The first-order valence-corrected chi connectivity index (χ1v) is 8.72. The van der Waals surface area contributed by atoms with Crippen LogP contribution in [0, 0.1) is 6.92 Å². The van der Waals surface area contributed by atoms with Gasteiger partial charge in [-0.2, -0.15) is 5.10 Å². The van der Waals surface area contributed by atoms with Gasteiger partial charge in [-0.05, 0) is 34.4 Å². The van der Waals surface area contributed by atoms with Gasteiger partial charge in [0, 0.05) is 25.7 Å². The van der Waals surface area contributed by atoms with Crippen molar-refractivity contribution in [3.05, 3.63) is 11.4 Å². The molecule has 0 spiro atoms. The molecular formula is C13H27N5O2S. The van der Waals surface area contributed by atoms with Gasteiger partial charge in [-0.1, -0.05) is 6.92 Å². The Hall–Kier alpha value is -0.960. The van der Waals surface area contributed by atoms with Crippen molar-refractivity contribution in [2.24, 2.45) is 0 Å². The minimum atomic E-state index is -3.54. The third-order valence-electron chi connectivity index (χ3n) is 3.41. The fourth-order valence-electron chi connectivity index (χ4n) is 1.88. The van der Waals surface area contributed by atoms with Crippen molar-refractivity contribution in [2.75, 3.05) is 26.7 Å². The number of likely N-dealkylation sites (N-methyl/N-ethyl adjacent to an activating group) is 1. The number of nitrogens with zero attached hydrogens (tertiary/aromatic N) is 2. The molecule has 1 heterocycles. The third-order valence-corrected chi connectivity index (χ3v) is 5.07. The monoisotopic (exact) mass is 317 g/mol. The summed E-state index contributed by atoms with van der Waals surface area (Å²) in [5.41, 5.74) is 1.09. The number of aryl methyl sites for hydroxylation is 1. The normalized spacial score (nSPS) is 12.5. The van der Waals surface area contributed by atoms with Crippen molar-refractivity contribution in [2.45, 2.75) is 45.2 Å². The van der Waals surface area contributed by atoms with E-state index in [0.29, 0.717) is 37.1 Å². The maximum atomic E-state index is 12.4. The number of hydrogen-bond donors (Lipinski definition) is 3. The number of nitrogens with one attached hydrogen (secondary N) is 3. The number of aromatic nitrogens is 2. The summed E-state index contributed by atoms with van der Waals surface area (Å²) < 4.78 is 27.5. The maximum absolute atomic E-state index is 12.4. The van der Waals surface area contributed by atoms with Crippen LogP contribution in [0.3, 0.4) is 0 Å². The highest BCUT2D eigenvalue weighted by Gasteiger charge is 2.23. The van der Waals surface area contributed by atoms with Gasteiger partial charge in [0.25, 0.3) is 0 Å². The van der Waals surface area contributed by atoms with Gasteiger partial charge in [0.1, 0.15) is 4.90 Å². The van der Waals surface area contributed by atoms with Crippen LogP contribution in [0.5, 0.6) is 0 Å². The van der Waals surface area contributed by atoms with Crippen LogP contribution >= 0.6 is 0 Å². The molecule has 0 aliphatic rings. The van der Waals surface area contributed by atoms with E-state index < -0.39 is 10.0 Å². The van der Waals surface area contributed by atoms with Crippen LogP contribution in [0.1, 0.15) is 32.2 Å². The number of rotatable bonds is 9. The summed E-state index contributed by atoms with van der Waals surface area (Å²) in [6.07, 6.45) is 0. The molecule has 0 aromatic carbocycles. The van der Waals surface area contributed by atoms with Gasteiger partial charge in [0.05, 0.1) is 11.4 Å². The molecule has 8 heteroatoms. The third kappa shape index (κ3) is 5.06. The summed E-state index contributed by atoms with van der Waals surface area (Å²) in [6, 6.07) is 0.384. The molecule has 1 aromatic heterocycles. The number of aromatic amines is 1. The summed E-state index contributed by atoms with van der Waals surface area (Å²) in [6.45, 7) is 10.1. The molecule has 21 heavy (non-hydrogen) atoms. The molecule has 0 saturated carbocycles. The zero-order chi connectivity index (χ0) is 16.0. The Morgan fingerprint density at radius 3 is 2.62 bits per heavy atom. The minimum absolute atomic E-state index is 0.260. The Morgan fingerprint density at radius 1 is 1.38 bits per heavy atom. The van der Waals surface area contributed by atoms with Gasteiger partial charge in [0.2, 0.25) is 10.0 Å². The van der Waals surface area contributed by atoms with Crippen molar-refractivity contribution in [1.82, 2.24) is 25.1 Å². The molecule has 7 nitrogen and oxygen atoms in total. The highest BCUT2D eigenvalue weighted by atomic mass is 32.2. The zero-order valence-corrected chi connectivity index (χ0v) is 14.3. The van der Waals surface area contributed by atoms with Crippen molar-refractivity contribution >= 4 is 10.0 Å². The molecule has 0 aliphatic heterocycles. The number of sulfonamides is 1. The van der Waals surface area contributed by atoms with E-state index in [2.05, 4.69) is 39.0 Å². The largest absolute Gasteiger partial charge is 0.311 e. The molecule has 0 fully saturated rings. The molecule has 0 bridgehead atoms. The molecule has 1 rings (SSSR count). The fraction of sp³-hybridized carbons (Fsp3) is 0.769. The number of hydrogen-bond acceptors (Lipinski definition) is 5. The summed E-state index contributed by atoms with van der Waals surface area (Å²) in [5, 5.41) is 9.92. The second kappa shape index (κ2) is 7.88. The molecule has 0 aliphatic carbocycles. The Balaban J connectivity index is 2.76. The van der Waals surface area contributed by atoms with E-state index in [9.17, 15) is 8.42 Å². The van der Waals surface area contributed by atoms with E-state index in [1.54, 1.807) is 6.92 Å². The van der Waals surface area contributed by atoms with Gasteiger partial charge in [-0.15, -0.1) is 0 Å². The molecule has 0 saturated heterocycles. The predicted molar refractivity (Wildman–Crippen MR) is 83.7 cm³/mol. The van der Waals surface area contributed by atoms with Crippen molar-refractivity contribution in [3.8, 4) is 0 Å². The first kappa shape index (κ1) is 18.1. The summed E-state index contributed by atoms with van der Waals surface area (Å²) in [4.78, 5) is 2.35. The fourth-order valence-corrected chi connectivity index (χ4v) is 3.26. The van der Waals surface area contributed by atoms with E-state index in [0.717, 1.165) is 6.54 Å². The molecule has 0 amide bonds. The van der Waals surface area contributed by atoms with Gasteiger partial charge in [-0.3, -0.25) is 5.10 Å². The van der Waals surface area contributed by atoms with Gasteiger partial charge >= 0.3 is 0 Å². The SMILES string of the molecule is CCNCc1n[nH]c(C)c1S(=O)(=O)NCCN(C)C(C)C. The average Bonchev–Trinajstić information content (AvgIpc) is 2.77. The van der Waals surface area contributed by atoms with E-state index in [1.807, 2.05) is 14.0 Å². The summed E-state index contributed by atoms with van der Waals surface area (Å²) in [7, 11) is -1.57. The van der Waals surface area contributed by atoms with Gasteiger partial charge < -0.3 is 10.2 Å². The molecule has 0 radical (unpaired) electrons. The quantitative estimate of drug-likeness (QED) is 0.615. The van der Waals surface area contributed by atoms with Gasteiger partial charge in [-0.25, -0.2) is 13.1 Å². The van der Waals surface area contributed by atoms with Crippen LogP contribution in [0.25, 0.3) is 0 Å². The van der Waals surface area contributed by atoms with Crippen molar-refractivity contribution < 1.29 is 8.42 Å². The lowest BCUT2D eigenvalue weighted by molar-refractivity contribution is 0.278. The lowest BCUT2D eigenvalue weighted by Crippen LogP contribution is -2.36. The molecule has 0 unspecified atom stereocenters. The Bertz CT molecular complexity index is 539. The van der Waals surface area contributed by atoms with Crippen LogP contribution in [-0.2, 0) is 16.6 Å². The molecule has 122 valence electrons. The second-order valence-corrected chi connectivity index (χ2v) is 7.08. The topological polar surface area (TPSA) is 90.1 Å². The van der Waals surface area contributed by atoms with Crippen LogP contribution < -0.4 is 10.0 Å². The number of H-pyrrole nitrogens is 1. The van der Waals surface area contributed by atoms with Crippen LogP contribution in [0.2, 0.25) is 0 Å². The first-order chi connectivity index (χ1) is 9.79. The van der Waals surface area contributed by atoms with Crippen LogP contribution in [0.4, 0.5) is 0 Å². The second-order valence-electron chi connectivity index (χ2n) is 5.38. The van der Waals surface area contributed by atoms with Crippen LogP contribution in [0.15, 0.2) is 4.90 Å². The Morgan fingerprint density at radius 2 is 2.05 bits per heavy atom. The van der Waals surface area contributed by atoms with E-state index >= 15 is 0 Å². The van der Waals surface area contributed by atoms with Crippen molar-refractivity contribution in [3.63, 3.8) is 0 Å². The molecule has 3 N–H and O–H groups in total. The molecule has 0 atom stereocenters. The zero-order valence-electron chi connectivity index (χ0n) is 13.5. The standard InChI is InChI=1S/C13H27N5O2S/c1-6-14-9-12-13(11(4)16-17-12)21(19,20)15-7-8-18(5)10(2)3/h10,14-15H,6-9H2,1-5H3,(H,16,17). The highest BCUT2D eigenvalue weighted by molar-refractivity contribution is 7.89. The van der Waals surface area contributed by atoms with E-state index in [1.165, 1.54) is 0 Å². The smallest absolute Gasteiger partial charge is 0.244 e. The first-order valence-electron chi connectivity index (χ1n) is 7.24. The highest BCUT2D eigenvalue weighted by Crippen LogP contribution is 2.17. The Kier molecular flexibility index (Phi) is 6.79. The maximum Gasteiger partial charge on any atom is 0.244 e. The summed E-state index contributed by atoms with van der Waals surface area (Å²) in [5.74, 6) is 0. The van der Waals surface area contributed by atoms with Crippen LogP contribution in [-0.4, -0.2) is 56.2 Å². The minimum Gasteiger partial charge on any atom is -0.311 e. The van der Waals surface area contributed by atoms with Crippen molar-refractivity contribution in [1.29, 1.82) is 0 Å². The summed E-state index contributed by atoms with van der Waals surface area (Å²) >= 11 is 0. The Labute approximate surface area is 127 Å². The molecule has 1 aromatic rings. The lowest BCUT2D eigenvalue weighted by atomic mass is 10.3. The van der Waals surface area contributed by atoms with E-state index in [-0.39, 0.29) is 4.90 Å². The lowest BCUT2D eigenvalue weighted by Gasteiger charge is -2.20. The average molecular weight is 317 g/mol. The van der Waals surface area contributed by atoms with E-state index in [4.69, 9.17) is 0 Å². The predicted octanol–water partition coefficient (Wildman–Crippen LogP) is 0.446. The molecular weight excluding hydrogens is 290 g/mol. The van der Waals surface area contributed by atoms with Gasteiger partial charge in [0.15, 0.2) is 0 Å².